The van der Waals surface area contributed by atoms with Crippen LogP contribution >= 0.6 is 0 Å². The molecule has 6 atom stereocenters. The van der Waals surface area contributed by atoms with E-state index >= 15 is 0 Å². The number of carbonyl (C=O) groups excluding carboxylic acids is 1. The topological polar surface area (TPSA) is 101 Å². The molecular formula is C24H30N4O3. The van der Waals surface area contributed by atoms with Crippen LogP contribution in [0.3, 0.4) is 0 Å². The predicted octanol–water partition coefficient (Wildman–Crippen LogP) is 2.32. The zero-order chi connectivity index (χ0) is 22.0. The van der Waals surface area contributed by atoms with Crippen LogP contribution in [-0.2, 0) is 26.2 Å². The maximum Gasteiger partial charge on any atom is 0.262 e. The molecule has 1 saturated heterocycles. The van der Waals surface area contributed by atoms with Crippen LogP contribution in [-0.4, -0.2) is 49.2 Å². The van der Waals surface area contributed by atoms with E-state index in [1.165, 1.54) is 0 Å². The molecule has 4 aliphatic rings. The first-order chi connectivity index (χ1) is 14.8. The van der Waals surface area contributed by atoms with Gasteiger partial charge in [0.1, 0.15) is 0 Å². The molecule has 7 nitrogen and oxygen atoms in total. The van der Waals surface area contributed by atoms with E-state index in [0.717, 1.165) is 43.4 Å². The summed E-state index contributed by atoms with van der Waals surface area (Å²) in [6.07, 6.45) is 3.49. The summed E-state index contributed by atoms with van der Waals surface area (Å²) in [5, 5.41) is 9.54. The zero-order valence-electron chi connectivity index (χ0n) is 18.4. The van der Waals surface area contributed by atoms with Gasteiger partial charge in [0, 0.05) is 19.1 Å². The molecule has 1 aromatic carbocycles. The molecule has 0 aromatic heterocycles. The lowest BCUT2D eigenvalue weighted by molar-refractivity contribution is -0.145. The van der Waals surface area contributed by atoms with Crippen molar-refractivity contribution in [2.24, 2.45) is 28.0 Å². The molecule has 164 valence electrons. The Morgan fingerprint density at radius 1 is 1.35 bits per heavy atom. The van der Waals surface area contributed by atoms with Crippen molar-refractivity contribution in [2.75, 3.05) is 20.3 Å². The number of nitrogens with zero attached hydrogens (tertiary/aromatic N) is 3. The zero-order valence-corrected chi connectivity index (χ0v) is 18.4. The Balaban J connectivity index is 1.65. The van der Waals surface area contributed by atoms with E-state index in [1.807, 2.05) is 18.2 Å². The Hall–Kier alpha value is -2.43. The molecule has 2 fully saturated rings. The van der Waals surface area contributed by atoms with Crippen molar-refractivity contribution in [2.45, 2.75) is 57.3 Å². The number of hydrogen-bond donors (Lipinski definition) is 1. The van der Waals surface area contributed by atoms with Gasteiger partial charge in [0.25, 0.3) is 5.91 Å². The highest BCUT2D eigenvalue weighted by Crippen LogP contribution is 2.63. The number of carbonyl (C=O) groups is 1. The van der Waals surface area contributed by atoms with Gasteiger partial charge >= 0.3 is 0 Å². The summed E-state index contributed by atoms with van der Waals surface area (Å²) in [7, 11) is 1.77. The van der Waals surface area contributed by atoms with E-state index in [2.05, 4.69) is 19.9 Å². The molecule has 0 bridgehead atoms. The first kappa shape index (κ1) is 20.5. The van der Waals surface area contributed by atoms with Gasteiger partial charge in [-0.2, -0.15) is 5.26 Å². The summed E-state index contributed by atoms with van der Waals surface area (Å²) in [5.74, 6) is 0.765. The summed E-state index contributed by atoms with van der Waals surface area (Å²) >= 11 is 0. The Morgan fingerprint density at radius 2 is 2.06 bits per heavy atom. The van der Waals surface area contributed by atoms with Crippen LogP contribution in [0.1, 0.15) is 49.8 Å². The van der Waals surface area contributed by atoms with Gasteiger partial charge in [0.15, 0.2) is 11.5 Å². The molecule has 2 aliphatic carbocycles. The van der Waals surface area contributed by atoms with E-state index < -0.39 is 5.54 Å². The van der Waals surface area contributed by atoms with Crippen LogP contribution in [0, 0.1) is 28.6 Å². The van der Waals surface area contributed by atoms with Crippen LogP contribution in [0.2, 0.25) is 0 Å². The summed E-state index contributed by atoms with van der Waals surface area (Å²) in [4.78, 5) is 20.8. The summed E-state index contributed by atoms with van der Waals surface area (Å²) in [6.45, 7) is 5.57. The normalized spacial score (nSPS) is 38.8. The number of guanidine groups is 1. The second kappa shape index (κ2) is 7.04. The predicted molar refractivity (Wildman–Crippen MR) is 115 cm³/mol. The fourth-order valence-electron chi connectivity index (χ4n) is 6.84. The highest BCUT2D eigenvalue weighted by Gasteiger charge is 2.68. The highest BCUT2D eigenvalue weighted by atomic mass is 16.5. The van der Waals surface area contributed by atoms with E-state index in [4.69, 9.17) is 20.2 Å². The van der Waals surface area contributed by atoms with Crippen molar-refractivity contribution in [3.8, 4) is 6.07 Å². The number of nitriles is 1. The lowest BCUT2D eigenvalue weighted by Gasteiger charge is -2.50. The molecule has 2 aliphatic heterocycles. The van der Waals surface area contributed by atoms with Gasteiger partial charge in [-0.15, -0.1) is 0 Å². The number of methoxy groups -OCH3 is 1. The van der Waals surface area contributed by atoms with Crippen molar-refractivity contribution in [1.82, 2.24) is 4.90 Å². The number of hydrogen-bond acceptors (Lipinski definition) is 6. The van der Waals surface area contributed by atoms with Crippen molar-refractivity contribution in [3.63, 3.8) is 0 Å². The van der Waals surface area contributed by atoms with Crippen molar-refractivity contribution >= 4 is 11.9 Å². The van der Waals surface area contributed by atoms with E-state index in [-0.39, 0.29) is 41.3 Å². The monoisotopic (exact) mass is 422 g/mol. The van der Waals surface area contributed by atoms with Crippen LogP contribution < -0.4 is 5.73 Å². The summed E-state index contributed by atoms with van der Waals surface area (Å²) in [6, 6.07) is 7.93. The van der Waals surface area contributed by atoms with E-state index in [9.17, 15) is 10.1 Å². The van der Waals surface area contributed by atoms with Gasteiger partial charge in [-0.05, 0) is 60.8 Å². The minimum atomic E-state index is -1.08. The lowest BCUT2D eigenvalue weighted by atomic mass is 9.56. The fraction of sp³-hybridized carbons (Fsp3) is 0.625. The number of amides is 1. The van der Waals surface area contributed by atoms with Gasteiger partial charge in [-0.25, -0.2) is 4.99 Å². The second-order valence-corrected chi connectivity index (χ2v) is 9.88. The van der Waals surface area contributed by atoms with Crippen LogP contribution in [0.5, 0.6) is 0 Å². The van der Waals surface area contributed by atoms with Crippen molar-refractivity contribution in [3.05, 3.63) is 34.9 Å². The molecule has 2 N–H and O–H groups in total. The van der Waals surface area contributed by atoms with Crippen molar-refractivity contribution in [1.29, 1.82) is 5.26 Å². The van der Waals surface area contributed by atoms with Crippen LogP contribution in [0.15, 0.2) is 23.2 Å². The van der Waals surface area contributed by atoms with Crippen LogP contribution in [0.4, 0.5) is 0 Å². The Kier molecular flexibility index (Phi) is 4.65. The molecule has 1 saturated carbocycles. The molecule has 0 radical (unpaired) electrons. The first-order valence-electron chi connectivity index (χ1n) is 11.2. The van der Waals surface area contributed by atoms with E-state index in [0.29, 0.717) is 12.1 Å². The molecular weight excluding hydrogens is 392 g/mol. The van der Waals surface area contributed by atoms with Gasteiger partial charge in [0.2, 0.25) is 0 Å². The van der Waals surface area contributed by atoms with Crippen molar-refractivity contribution < 1.29 is 14.3 Å². The molecule has 2 spiro atoms. The quantitative estimate of drug-likeness (QED) is 0.806. The Labute approximate surface area is 183 Å². The molecule has 3 unspecified atom stereocenters. The number of rotatable bonds is 3. The molecule has 31 heavy (non-hydrogen) atoms. The maximum atomic E-state index is 14.2. The number of benzene rings is 1. The third-order valence-corrected chi connectivity index (χ3v) is 8.04. The van der Waals surface area contributed by atoms with Gasteiger partial charge in [-0.1, -0.05) is 19.9 Å². The summed E-state index contributed by atoms with van der Waals surface area (Å²) in [5.41, 5.74) is 7.44. The smallest absolute Gasteiger partial charge is 0.262 e. The standard InChI is InChI=1S/C24H30N4O3/c1-14-9-23(10-15(2)20(14)30-3)11-17-5-4-16(12-25)8-19(17)24(23)21(29)28(22(26)27-24)13-18-6-7-31-18/h4-5,8,14-15,18,20H,6-7,9-11,13H2,1-3H3,(H2,26,27)/t14-,15+,18?,20?,23?,24-/m1/s1. The second-order valence-electron chi connectivity index (χ2n) is 9.88. The fourth-order valence-corrected chi connectivity index (χ4v) is 6.84. The van der Waals surface area contributed by atoms with Gasteiger partial charge in [0.05, 0.1) is 30.4 Å². The summed E-state index contributed by atoms with van der Waals surface area (Å²) < 4.78 is 11.4. The average Bonchev–Trinajstić information content (AvgIpc) is 3.10. The molecule has 2 heterocycles. The van der Waals surface area contributed by atoms with Gasteiger partial charge in [-0.3, -0.25) is 9.69 Å². The van der Waals surface area contributed by atoms with Crippen LogP contribution in [0.25, 0.3) is 0 Å². The Bertz CT molecular complexity index is 983. The molecule has 7 heteroatoms. The SMILES string of the molecule is COC1[C@H](C)CC2(Cc3ccc(C#N)cc3[C@]23N=C(N)N(CC2CCO2)C3=O)C[C@@H]1C. The number of fused-ring (bicyclic) bond motifs is 3. The minimum Gasteiger partial charge on any atom is -0.381 e. The molecule has 1 amide bonds. The first-order valence-corrected chi connectivity index (χ1v) is 11.2. The lowest BCUT2D eigenvalue weighted by Crippen LogP contribution is -2.56. The van der Waals surface area contributed by atoms with E-state index in [1.54, 1.807) is 12.0 Å². The molecule has 5 rings (SSSR count). The minimum absolute atomic E-state index is 0.0113. The number of aliphatic imine (C=N–C) groups is 1. The third-order valence-electron chi connectivity index (χ3n) is 8.04. The maximum absolute atomic E-state index is 14.2. The third kappa shape index (κ3) is 2.71. The Morgan fingerprint density at radius 3 is 2.65 bits per heavy atom. The molecule has 1 aromatic rings. The number of ether oxygens (including phenoxy) is 2. The van der Waals surface area contributed by atoms with Gasteiger partial charge < -0.3 is 15.2 Å². The number of nitrogens with two attached hydrogens (primary N) is 1. The average molecular weight is 423 g/mol. The highest BCUT2D eigenvalue weighted by molar-refractivity contribution is 6.08. The largest absolute Gasteiger partial charge is 0.381 e.